The van der Waals surface area contributed by atoms with Crippen LogP contribution in [0.25, 0.3) is 5.69 Å². The fourth-order valence-corrected chi connectivity index (χ4v) is 4.83. The highest BCUT2D eigenvalue weighted by atomic mass is 35.5. The van der Waals surface area contributed by atoms with Gasteiger partial charge in [0.05, 0.1) is 33.9 Å². The molecular formula is C23H23Cl3N4O3S. The van der Waals surface area contributed by atoms with E-state index in [2.05, 4.69) is 10.5 Å². The lowest BCUT2D eigenvalue weighted by Gasteiger charge is -2.21. The molecule has 0 aliphatic heterocycles. The predicted octanol–water partition coefficient (Wildman–Crippen LogP) is 5.28. The Morgan fingerprint density at radius 2 is 1.79 bits per heavy atom. The molecule has 1 heterocycles. The summed E-state index contributed by atoms with van der Waals surface area (Å²) in [4.78, 5) is 12.5. The summed E-state index contributed by atoms with van der Waals surface area (Å²) >= 11 is 18.7. The van der Waals surface area contributed by atoms with E-state index in [1.165, 1.54) is 12.3 Å². The van der Waals surface area contributed by atoms with Crippen LogP contribution in [0.2, 0.25) is 15.1 Å². The van der Waals surface area contributed by atoms with Crippen LogP contribution in [-0.2, 0) is 14.8 Å². The first-order chi connectivity index (χ1) is 15.9. The van der Waals surface area contributed by atoms with Gasteiger partial charge in [0.2, 0.25) is 10.0 Å². The summed E-state index contributed by atoms with van der Waals surface area (Å²) in [5, 5.41) is 5.28. The largest absolute Gasteiger partial charge is 0.316 e. The topological polar surface area (TPSA) is 83.8 Å². The lowest BCUT2D eigenvalue weighted by atomic mass is 10.2. The fraction of sp³-hybridized carbons (Fsp3) is 0.217. The molecule has 0 unspecified atom stereocenters. The van der Waals surface area contributed by atoms with Gasteiger partial charge < -0.3 is 4.57 Å². The predicted molar refractivity (Wildman–Crippen MR) is 139 cm³/mol. The Morgan fingerprint density at radius 3 is 2.44 bits per heavy atom. The number of nitrogens with one attached hydrogen (secondary N) is 1. The monoisotopic (exact) mass is 540 g/mol. The number of halogens is 3. The zero-order valence-electron chi connectivity index (χ0n) is 18.9. The van der Waals surface area contributed by atoms with Crippen LogP contribution in [0.15, 0.2) is 47.6 Å². The molecule has 0 saturated heterocycles. The first kappa shape index (κ1) is 26.1. The van der Waals surface area contributed by atoms with Gasteiger partial charge in [0.25, 0.3) is 5.91 Å². The average molecular weight is 542 g/mol. The van der Waals surface area contributed by atoms with Crippen molar-refractivity contribution in [3.63, 3.8) is 0 Å². The second kappa shape index (κ2) is 10.4. The molecule has 180 valence electrons. The SMILES string of the molecule is Cc1ccc(N(CC(=O)N/N=C\c2cc(C)n(-c3cccc(Cl)c3Cl)c2C)S(C)(=O)=O)cc1Cl. The smallest absolute Gasteiger partial charge is 0.260 e. The molecule has 1 N–H and O–H groups in total. The molecule has 0 saturated carbocycles. The molecule has 0 spiro atoms. The molecule has 0 atom stereocenters. The van der Waals surface area contributed by atoms with Crippen LogP contribution < -0.4 is 9.73 Å². The van der Waals surface area contributed by atoms with E-state index < -0.39 is 22.5 Å². The van der Waals surface area contributed by atoms with Gasteiger partial charge in [-0.1, -0.05) is 46.9 Å². The summed E-state index contributed by atoms with van der Waals surface area (Å²) in [6.45, 7) is 5.15. The molecule has 3 rings (SSSR count). The van der Waals surface area contributed by atoms with E-state index in [1.54, 1.807) is 25.1 Å². The Morgan fingerprint density at radius 1 is 1.09 bits per heavy atom. The summed E-state index contributed by atoms with van der Waals surface area (Å²) in [5.74, 6) is -0.606. The van der Waals surface area contributed by atoms with Crippen LogP contribution in [0, 0.1) is 20.8 Å². The molecule has 0 radical (unpaired) electrons. The maximum atomic E-state index is 12.5. The normalized spacial score (nSPS) is 11.7. The third-order valence-electron chi connectivity index (χ3n) is 5.17. The molecule has 0 bridgehead atoms. The lowest BCUT2D eigenvalue weighted by molar-refractivity contribution is -0.119. The third kappa shape index (κ3) is 5.75. The highest BCUT2D eigenvalue weighted by Gasteiger charge is 2.21. The number of carbonyl (C=O) groups is 1. The van der Waals surface area contributed by atoms with Gasteiger partial charge in [0.15, 0.2) is 0 Å². The second-order valence-corrected chi connectivity index (χ2v) is 10.8. The average Bonchev–Trinajstić information content (AvgIpc) is 3.03. The highest BCUT2D eigenvalue weighted by molar-refractivity contribution is 7.92. The summed E-state index contributed by atoms with van der Waals surface area (Å²) < 4.78 is 27.4. The second-order valence-electron chi connectivity index (χ2n) is 7.73. The molecule has 1 aromatic heterocycles. The van der Waals surface area contributed by atoms with Crippen LogP contribution in [0.4, 0.5) is 5.69 Å². The zero-order valence-corrected chi connectivity index (χ0v) is 22.0. The van der Waals surface area contributed by atoms with Crippen molar-refractivity contribution in [2.45, 2.75) is 20.8 Å². The molecule has 11 heteroatoms. The number of rotatable bonds is 7. The van der Waals surface area contributed by atoms with Crippen molar-refractivity contribution in [3.8, 4) is 5.69 Å². The summed E-state index contributed by atoms with van der Waals surface area (Å²) in [6, 6.07) is 12.1. The minimum absolute atomic E-state index is 0.291. The number of hydrazone groups is 1. The number of sulfonamides is 1. The fourth-order valence-electron chi connectivity index (χ4n) is 3.43. The Bertz CT molecular complexity index is 1380. The maximum absolute atomic E-state index is 12.5. The molecule has 34 heavy (non-hydrogen) atoms. The van der Waals surface area contributed by atoms with E-state index in [0.29, 0.717) is 20.8 Å². The maximum Gasteiger partial charge on any atom is 0.260 e. The highest BCUT2D eigenvalue weighted by Crippen LogP contribution is 2.31. The quantitative estimate of drug-likeness (QED) is 0.326. The Hall–Kier alpha value is -2.52. The van der Waals surface area contributed by atoms with Gasteiger partial charge in [0, 0.05) is 22.0 Å². The number of aromatic nitrogens is 1. The number of nitrogens with zero attached hydrogens (tertiary/aromatic N) is 3. The van der Waals surface area contributed by atoms with Crippen molar-refractivity contribution in [2.75, 3.05) is 17.1 Å². The number of aryl methyl sites for hydroxylation is 2. The first-order valence-electron chi connectivity index (χ1n) is 10.1. The molecule has 1 amide bonds. The molecule has 0 aliphatic rings. The number of hydrogen-bond donors (Lipinski definition) is 1. The Kier molecular flexibility index (Phi) is 7.98. The Balaban J connectivity index is 1.78. The third-order valence-corrected chi connectivity index (χ3v) is 7.52. The standard InChI is InChI=1S/C23H23Cl3N4O3S/c1-14-8-9-18(11-20(14)25)29(34(4,32)33)13-22(31)28-27-12-17-10-15(2)30(16(17)3)21-7-5-6-19(24)23(21)26/h5-12H,13H2,1-4H3,(H,28,31)/b27-12-. The van der Waals surface area contributed by atoms with Crippen molar-refractivity contribution >= 4 is 62.6 Å². The molecule has 0 fully saturated rings. The number of hydrogen-bond acceptors (Lipinski definition) is 4. The Labute approximate surface area is 214 Å². The molecule has 2 aromatic carbocycles. The van der Waals surface area contributed by atoms with Gasteiger partial charge in [-0.25, -0.2) is 13.8 Å². The first-order valence-corrected chi connectivity index (χ1v) is 13.1. The van der Waals surface area contributed by atoms with E-state index in [4.69, 9.17) is 34.8 Å². The van der Waals surface area contributed by atoms with Crippen LogP contribution in [0.1, 0.15) is 22.5 Å². The number of anilines is 1. The van der Waals surface area contributed by atoms with E-state index in [0.717, 1.165) is 38.8 Å². The van der Waals surface area contributed by atoms with Crippen molar-refractivity contribution < 1.29 is 13.2 Å². The summed E-state index contributed by atoms with van der Waals surface area (Å²) in [7, 11) is -3.73. The van der Waals surface area contributed by atoms with E-state index in [-0.39, 0.29) is 0 Å². The van der Waals surface area contributed by atoms with Gasteiger partial charge in [-0.2, -0.15) is 5.10 Å². The zero-order chi connectivity index (χ0) is 25.2. The molecule has 3 aromatic rings. The van der Waals surface area contributed by atoms with Gasteiger partial charge in [-0.15, -0.1) is 0 Å². The molecule has 7 nitrogen and oxygen atoms in total. The summed E-state index contributed by atoms with van der Waals surface area (Å²) in [6.07, 6.45) is 2.51. The van der Waals surface area contributed by atoms with Crippen molar-refractivity contribution in [3.05, 3.63) is 80.0 Å². The molecular weight excluding hydrogens is 519 g/mol. The minimum Gasteiger partial charge on any atom is -0.316 e. The van der Waals surface area contributed by atoms with E-state index in [9.17, 15) is 13.2 Å². The lowest BCUT2D eigenvalue weighted by Crippen LogP contribution is -2.39. The van der Waals surface area contributed by atoms with Gasteiger partial charge in [-0.05, 0) is 56.7 Å². The van der Waals surface area contributed by atoms with Crippen molar-refractivity contribution in [2.24, 2.45) is 5.10 Å². The van der Waals surface area contributed by atoms with Crippen LogP contribution in [0.3, 0.4) is 0 Å². The minimum atomic E-state index is -3.73. The van der Waals surface area contributed by atoms with Gasteiger partial charge in [0.1, 0.15) is 6.54 Å². The number of benzene rings is 2. The van der Waals surface area contributed by atoms with Crippen LogP contribution >= 0.6 is 34.8 Å². The van der Waals surface area contributed by atoms with E-state index in [1.807, 2.05) is 36.6 Å². The van der Waals surface area contributed by atoms with Crippen molar-refractivity contribution in [1.29, 1.82) is 0 Å². The summed E-state index contributed by atoms with van der Waals surface area (Å²) in [5.41, 5.74) is 6.68. The van der Waals surface area contributed by atoms with Crippen LogP contribution in [-0.4, -0.2) is 37.9 Å². The van der Waals surface area contributed by atoms with Gasteiger partial charge in [-0.3, -0.25) is 9.10 Å². The van der Waals surface area contributed by atoms with Crippen molar-refractivity contribution in [1.82, 2.24) is 9.99 Å². The van der Waals surface area contributed by atoms with Crippen LogP contribution in [0.5, 0.6) is 0 Å². The van der Waals surface area contributed by atoms with E-state index >= 15 is 0 Å². The van der Waals surface area contributed by atoms with Gasteiger partial charge >= 0.3 is 0 Å². The number of carbonyl (C=O) groups excluding carboxylic acids is 1. The molecule has 0 aliphatic carbocycles. The number of amides is 1.